The van der Waals surface area contributed by atoms with Crippen molar-refractivity contribution in [3.8, 4) is 11.8 Å². The maximum absolute atomic E-state index is 14.4. The van der Waals surface area contributed by atoms with Gasteiger partial charge in [0.25, 0.3) is 5.56 Å². The summed E-state index contributed by atoms with van der Waals surface area (Å²) < 4.78 is 34.1. The number of aliphatic hydroxyl groups is 2. The van der Waals surface area contributed by atoms with E-state index in [4.69, 9.17) is 27.9 Å². The number of rotatable bonds is 2. The standard InChI is InChI=1S/C15H16ClF2N5O4/c1-6(24)9-10(25)15(16,3-2-4-17)13(27-9)22-5-7(18)8-11(22)21-14(19)23(20)12(8)26/h5-6,9-10,13,24-25H,4,20H2,1H3,(H2,19,21)/t6-,9-,10?,13-,15-/m1/s1. The molecule has 0 aliphatic carbocycles. The highest BCUT2D eigenvalue weighted by Crippen LogP contribution is 2.45. The normalized spacial score (nSPS) is 28.9. The Kier molecular flexibility index (Phi) is 4.77. The quantitative estimate of drug-likeness (QED) is 0.293. The predicted molar refractivity (Wildman–Crippen MR) is 92.4 cm³/mol. The minimum Gasteiger partial charge on any atom is -0.391 e. The van der Waals surface area contributed by atoms with Crippen molar-refractivity contribution < 1.29 is 23.7 Å². The lowest BCUT2D eigenvalue weighted by Gasteiger charge is -2.26. The van der Waals surface area contributed by atoms with Crippen LogP contribution >= 0.6 is 11.6 Å². The smallest absolute Gasteiger partial charge is 0.285 e. The number of nitrogen functional groups attached to an aromatic ring is 2. The SMILES string of the molecule is C[C@@H](O)[C@H]1O[C@@H](n2cc(F)c3c(=O)n(N)c(N)nc32)[C@@](Cl)(C#CCF)C1O. The second-order valence-electron chi connectivity index (χ2n) is 6.07. The number of aromatic nitrogens is 3. The number of alkyl halides is 2. The highest BCUT2D eigenvalue weighted by Gasteiger charge is 2.57. The molecule has 0 aromatic carbocycles. The molecule has 0 spiro atoms. The van der Waals surface area contributed by atoms with Crippen LogP contribution in [0, 0.1) is 17.7 Å². The lowest BCUT2D eigenvalue weighted by Crippen LogP contribution is -2.43. The van der Waals surface area contributed by atoms with Gasteiger partial charge < -0.3 is 26.5 Å². The summed E-state index contributed by atoms with van der Waals surface area (Å²) >= 11 is 6.42. The highest BCUT2D eigenvalue weighted by molar-refractivity contribution is 6.27. The van der Waals surface area contributed by atoms with Crippen molar-refractivity contribution in [3.63, 3.8) is 0 Å². The second-order valence-corrected chi connectivity index (χ2v) is 6.70. The van der Waals surface area contributed by atoms with Crippen LogP contribution in [0.2, 0.25) is 0 Å². The number of anilines is 1. The third-order valence-electron chi connectivity index (χ3n) is 4.32. The number of nitrogens with zero attached hydrogens (tertiary/aromatic N) is 3. The predicted octanol–water partition coefficient (Wildman–Crippen LogP) is -0.777. The first-order chi connectivity index (χ1) is 12.6. The molecule has 146 valence electrons. The van der Waals surface area contributed by atoms with Crippen LogP contribution in [0.1, 0.15) is 13.2 Å². The molecule has 0 bridgehead atoms. The molecule has 3 rings (SSSR count). The molecule has 1 fully saturated rings. The molecule has 1 unspecified atom stereocenters. The van der Waals surface area contributed by atoms with Gasteiger partial charge in [0.15, 0.2) is 22.6 Å². The summed E-state index contributed by atoms with van der Waals surface area (Å²) in [5.41, 5.74) is 4.36. The Bertz CT molecular complexity index is 1010. The monoisotopic (exact) mass is 403 g/mol. The maximum atomic E-state index is 14.4. The van der Waals surface area contributed by atoms with Gasteiger partial charge in [0.05, 0.1) is 6.10 Å². The van der Waals surface area contributed by atoms with Gasteiger partial charge in [-0.15, -0.1) is 0 Å². The summed E-state index contributed by atoms with van der Waals surface area (Å²) in [6.45, 7) is 0.283. The van der Waals surface area contributed by atoms with E-state index in [-0.39, 0.29) is 5.65 Å². The lowest BCUT2D eigenvalue weighted by molar-refractivity contribution is -0.0752. The minimum absolute atomic E-state index is 0.257. The average Bonchev–Trinajstić information content (AvgIpc) is 3.06. The van der Waals surface area contributed by atoms with E-state index < -0.39 is 58.8 Å². The molecular weight excluding hydrogens is 388 g/mol. The summed E-state index contributed by atoms with van der Waals surface area (Å²) in [6.07, 6.45) is -4.51. The van der Waals surface area contributed by atoms with Crippen molar-refractivity contribution >= 4 is 28.6 Å². The molecular formula is C15H16ClF2N5O4. The van der Waals surface area contributed by atoms with Crippen LogP contribution in [0.25, 0.3) is 11.0 Å². The summed E-state index contributed by atoms with van der Waals surface area (Å²) in [7, 11) is 0. The van der Waals surface area contributed by atoms with Crippen molar-refractivity contribution in [2.24, 2.45) is 0 Å². The number of aliphatic hydroxyl groups excluding tert-OH is 2. The third kappa shape index (κ3) is 2.81. The number of nitrogens with two attached hydrogens (primary N) is 2. The molecule has 1 saturated heterocycles. The minimum atomic E-state index is -1.96. The van der Waals surface area contributed by atoms with Crippen molar-refractivity contribution in [3.05, 3.63) is 22.4 Å². The molecule has 2 aromatic rings. The van der Waals surface area contributed by atoms with E-state index in [1.807, 2.05) is 0 Å². The Morgan fingerprint density at radius 1 is 1.59 bits per heavy atom. The number of ether oxygens (including phenoxy) is 1. The van der Waals surface area contributed by atoms with Crippen LogP contribution in [0.15, 0.2) is 11.0 Å². The van der Waals surface area contributed by atoms with Crippen molar-refractivity contribution in [2.75, 3.05) is 18.3 Å². The zero-order chi connectivity index (χ0) is 20.1. The van der Waals surface area contributed by atoms with E-state index in [9.17, 15) is 23.8 Å². The molecule has 1 aliphatic heterocycles. The highest BCUT2D eigenvalue weighted by atomic mass is 35.5. The van der Waals surface area contributed by atoms with Gasteiger partial charge in [-0.05, 0) is 6.92 Å². The first-order valence-corrected chi connectivity index (χ1v) is 8.11. The van der Waals surface area contributed by atoms with Crippen molar-refractivity contribution in [1.29, 1.82) is 0 Å². The number of hydrogen-bond donors (Lipinski definition) is 4. The second kappa shape index (κ2) is 6.65. The van der Waals surface area contributed by atoms with Gasteiger partial charge in [-0.2, -0.15) is 9.66 Å². The fraction of sp³-hybridized carbons (Fsp3) is 0.467. The maximum Gasteiger partial charge on any atom is 0.285 e. The van der Waals surface area contributed by atoms with Gasteiger partial charge in [0.2, 0.25) is 5.95 Å². The van der Waals surface area contributed by atoms with Crippen LogP contribution in [0.4, 0.5) is 14.7 Å². The molecule has 27 heavy (non-hydrogen) atoms. The first kappa shape index (κ1) is 19.4. The van der Waals surface area contributed by atoms with Gasteiger partial charge in [0, 0.05) is 6.20 Å². The Hall–Kier alpha value is -2.39. The average molecular weight is 404 g/mol. The lowest BCUT2D eigenvalue weighted by atomic mass is 9.96. The fourth-order valence-electron chi connectivity index (χ4n) is 3.02. The molecule has 1 aliphatic rings. The fourth-order valence-corrected chi connectivity index (χ4v) is 3.37. The molecule has 3 heterocycles. The van der Waals surface area contributed by atoms with Crippen molar-refractivity contribution in [1.82, 2.24) is 14.2 Å². The summed E-state index contributed by atoms with van der Waals surface area (Å²) in [5, 5.41) is 19.8. The van der Waals surface area contributed by atoms with Gasteiger partial charge in [-0.25, -0.2) is 8.78 Å². The van der Waals surface area contributed by atoms with Crippen LogP contribution < -0.4 is 17.1 Å². The number of hydrogen-bond acceptors (Lipinski definition) is 7. The van der Waals surface area contributed by atoms with Crippen LogP contribution in [-0.2, 0) is 4.74 Å². The van der Waals surface area contributed by atoms with Gasteiger partial charge >= 0.3 is 0 Å². The summed E-state index contributed by atoms with van der Waals surface area (Å²) in [5.74, 6) is 8.48. The molecule has 0 radical (unpaired) electrons. The largest absolute Gasteiger partial charge is 0.391 e. The molecule has 12 heteroatoms. The summed E-state index contributed by atoms with van der Waals surface area (Å²) in [6, 6.07) is 0. The zero-order valence-corrected chi connectivity index (χ0v) is 14.7. The van der Waals surface area contributed by atoms with E-state index in [1.54, 1.807) is 0 Å². The van der Waals surface area contributed by atoms with Gasteiger partial charge in [-0.3, -0.25) is 9.36 Å². The number of halogens is 3. The van der Waals surface area contributed by atoms with E-state index in [2.05, 4.69) is 16.8 Å². The third-order valence-corrected chi connectivity index (χ3v) is 4.83. The zero-order valence-electron chi connectivity index (χ0n) is 13.9. The first-order valence-electron chi connectivity index (χ1n) is 7.73. The Morgan fingerprint density at radius 3 is 2.85 bits per heavy atom. The van der Waals surface area contributed by atoms with Gasteiger partial charge in [0.1, 0.15) is 24.3 Å². The Balaban J connectivity index is 2.26. The molecule has 2 aromatic heterocycles. The van der Waals surface area contributed by atoms with E-state index in [0.717, 1.165) is 10.8 Å². The molecule has 0 amide bonds. The van der Waals surface area contributed by atoms with E-state index in [0.29, 0.717) is 4.68 Å². The molecule has 5 atom stereocenters. The van der Waals surface area contributed by atoms with E-state index >= 15 is 0 Å². The topological polar surface area (TPSA) is 142 Å². The van der Waals surface area contributed by atoms with Crippen LogP contribution in [0.3, 0.4) is 0 Å². The molecule has 0 saturated carbocycles. The Labute approximate surface area is 156 Å². The van der Waals surface area contributed by atoms with Crippen LogP contribution in [0.5, 0.6) is 0 Å². The Morgan fingerprint density at radius 2 is 2.26 bits per heavy atom. The van der Waals surface area contributed by atoms with Crippen LogP contribution in [-0.4, -0.2) is 54.3 Å². The molecule has 9 nitrogen and oxygen atoms in total. The number of fused-ring (bicyclic) bond motifs is 1. The van der Waals surface area contributed by atoms with E-state index in [1.165, 1.54) is 6.92 Å². The van der Waals surface area contributed by atoms with Crippen molar-refractivity contribution in [2.45, 2.75) is 36.3 Å². The van der Waals surface area contributed by atoms with Gasteiger partial charge in [-0.1, -0.05) is 23.4 Å². The summed E-state index contributed by atoms with van der Waals surface area (Å²) in [4.78, 5) is 14.1. The molecule has 6 N–H and O–H groups in total.